The van der Waals surface area contributed by atoms with Crippen molar-refractivity contribution in [2.24, 2.45) is 11.7 Å². The van der Waals surface area contributed by atoms with Crippen LogP contribution in [0.1, 0.15) is 24.8 Å². The fourth-order valence-corrected chi connectivity index (χ4v) is 2.58. The molecule has 0 saturated carbocycles. The lowest BCUT2D eigenvalue weighted by Crippen LogP contribution is -2.45. The molecule has 5 nitrogen and oxygen atoms in total. The molecule has 5 heteroatoms. The molecule has 1 aliphatic heterocycles. The second kappa shape index (κ2) is 8.12. The second-order valence-electron chi connectivity index (χ2n) is 5.55. The monoisotopic (exact) mass is 292 g/mol. The Morgan fingerprint density at radius 3 is 2.52 bits per heavy atom. The first-order chi connectivity index (χ1) is 10.2. The summed E-state index contributed by atoms with van der Waals surface area (Å²) in [5, 5.41) is 9.66. The highest BCUT2D eigenvalue weighted by Gasteiger charge is 2.28. The molecule has 2 rings (SSSR count). The van der Waals surface area contributed by atoms with Gasteiger partial charge >= 0.3 is 5.97 Å². The third kappa shape index (κ3) is 5.12. The van der Waals surface area contributed by atoms with Crippen LogP contribution in [-0.4, -0.2) is 41.8 Å². The number of rotatable bonds is 6. The van der Waals surface area contributed by atoms with Crippen LogP contribution in [0.25, 0.3) is 0 Å². The zero-order valence-corrected chi connectivity index (χ0v) is 12.3. The predicted octanol–water partition coefficient (Wildman–Crippen LogP) is 1.11. The summed E-state index contributed by atoms with van der Waals surface area (Å²) < 4.78 is 5.29. The Morgan fingerprint density at radius 1 is 1.24 bits per heavy atom. The summed E-state index contributed by atoms with van der Waals surface area (Å²) >= 11 is 0. The van der Waals surface area contributed by atoms with Gasteiger partial charge in [0.05, 0.1) is 0 Å². The van der Waals surface area contributed by atoms with Crippen molar-refractivity contribution in [3.05, 3.63) is 35.9 Å². The number of carbonyl (C=O) groups is 1. The minimum Gasteiger partial charge on any atom is -0.460 e. The Labute approximate surface area is 125 Å². The SMILES string of the molecule is NC(O)C(CN1CCCCC1)C(=O)OCc1ccccc1. The number of likely N-dealkylation sites (tertiary alicyclic amines) is 1. The Morgan fingerprint density at radius 2 is 1.90 bits per heavy atom. The highest BCUT2D eigenvalue weighted by Crippen LogP contribution is 2.14. The van der Waals surface area contributed by atoms with E-state index in [4.69, 9.17) is 10.5 Å². The number of hydrogen-bond donors (Lipinski definition) is 2. The second-order valence-corrected chi connectivity index (χ2v) is 5.55. The quantitative estimate of drug-likeness (QED) is 0.607. The van der Waals surface area contributed by atoms with Gasteiger partial charge in [0.15, 0.2) is 0 Å². The minimum atomic E-state index is -1.19. The van der Waals surface area contributed by atoms with Gasteiger partial charge in [-0.25, -0.2) is 0 Å². The lowest BCUT2D eigenvalue weighted by molar-refractivity contribution is -0.155. The number of aliphatic hydroxyl groups excluding tert-OH is 1. The Balaban J connectivity index is 1.86. The van der Waals surface area contributed by atoms with Gasteiger partial charge < -0.3 is 20.5 Å². The molecule has 2 unspecified atom stereocenters. The average molecular weight is 292 g/mol. The van der Waals surface area contributed by atoms with Crippen molar-refractivity contribution < 1.29 is 14.6 Å². The number of nitrogens with zero attached hydrogens (tertiary/aromatic N) is 1. The molecule has 0 spiro atoms. The maximum atomic E-state index is 12.1. The zero-order chi connectivity index (χ0) is 15.1. The smallest absolute Gasteiger partial charge is 0.314 e. The van der Waals surface area contributed by atoms with E-state index in [1.165, 1.54) is 6.42 Å². The van der Waals surface area contributed by atoms with E-state index < -0.39 is 18.1 Å². The van der Waals surface area contributed by atoms with Gasteiger partial charge in [-0.1, -0.05) is 36.8 Å². The highest BCUT2D eigenvalue weighted by molar-refractivity contribution is 5.73. The molecule has 1 fully saturated rings. The number of aliphatic hydroxyl groups is 1. The molecule has 3 N–H and O–H groups in total. The van der Waals surface area contributed by atoms with E-state index in [-0.39, 0.29) is 6.61 Å². The van der Waals surface area contributed by atoms with Crippen LogP contribution in [0.15, 0.2) is 30.3 Å². The summed E-state index contributed by atoms with van der Waals surface area (Å²) in [6, 6.07) is 9.49. The summed E-state index contributed by atoms with van der Waals surface area (Å²) in [6.45, 7) is 2.58. The molecule has 0 amide bonds. The Bertz CT molecular complexity index is 430. The number of ether oxygens (including phenoxy) is 1. The van der Waals surface area contributed by atoms with E-state index in [1.54, 1.807) is 0 Å². The first kappa shape index (κ1) is 15.9. The molecule has 1 heterocycles. The predicted molar refractivity (Wildman–Crippen MR) is 80.2 cm³/mol. The number of benzene rings is 1. The Kier molecular flexibility index (Phi) is 6.17. The fraction of sp³-hybridized carbons (Fsp3) is 0.562. The van der Waals surface area contributed by atoms with Crippen LogP contribution in [0.4, 0.5) is 0 Å². The van der Waals surface area contributed by atoms with Crippen molar-refractivity contribution in [3.8, 4) is 0 Å². The van der Waals surface area contributed by atoms with E-state index in [9.17, 15) is 9.90 Å². The van der Waals surface area contributed by atoms with E-state index >= 15 is 0 Å². The molecule has 0 aliphatic carbocycles. The third-order valence-electron chi connectivity index (χ3n) is 3.84. The lowest BCUT2D eigenvalue weighted by Gasteiger charge is -2.30. The van der Waals surface area contributed by atoms with Gasteiger partial charge in [-0.3, -0.25) is 4.79 Å². The van der Waals surface area contributed by atoms with Crippen LogP contribution in [0.3, 0.4) is 0 Å². The van der Waals surface area contributed by atoms with Crippen molar-refractivity contribution in [1.29, 1.82) is 0 Å². The lowest BCUT2D eigenvalue weighted by atomic mass is 10.0. The van der Waals surface area contributed by atoms with E-state index in [0.717, 1.165) is 31.5 Å². The van der Waals surface area contributed by atoms with Gasteiger partial charge in [0.25, 0.3) is 0 Å². The standard InChI is InChI=1S/C16H24N2O3/c17-15(19)14(11-18-9-5-2-6-10-18)16(20)21-12-13-7-3-1-4-8-13/h1,3-4,7-8,14-15,19H,2,5-6,9-12,17H2. The molecular weight excluding hydrogens is 268 g/mol. The van der Waals surface area contributed by atoms with Gasteiger partial charge in [0.1, 0.15) is 18.8 Å². The normalized spacial score (nSPS) is 19.0. The number of esters is 1. The fourth-order valence-electron chi connectivity index (χ4n) is 2.58. The number of hydrogen-bond acceptors (Lipinski definition) is 5. The minimum absolute atomic E-state index is 0.211. The molecular formula is C16H24N2O3. The summed E-state index contributed by atoms with van der Waals surface area (Å²) in [5.41, 5.74) is 6.48. The molecule has 0 aromatic heterocycles. The van der Waals surface area contributed by atoms with Gasteiger partial charge in [0.2, 0.25) is 0 Å². The molecule has 1 aromatic rings. The summed E-state index contributed by atoms with van der Waals surface area (Å²) in [7, 11) is 0. The van der Waals surface area contributed by atoms with E-state index in [1.807, 2.05) is 30.3 Å². The van der Waals surface area contributed by atoms with Crippen LogP contribution in [0.5, 0.6) is 0 Å². The van der Waals surface area contributed by atoms with Crippen molar-refractivity contribution in [2.45, 2.75) is 32.1 Å². The number of piperidine rings is 1. The Hall–Kier alpha value is -1.43. The van der Waals surface area contributed by atoms with Crippen molar-refractivity contribution >= 4 is 5.97 Å². The topological polar surface area (TPSA) is 75.8 Å². The van der Waals surface area contributed by atoms with Gasteiger partial charge in [0, 0.05) is 6.54 Å². The molecule has 1 saturated heterocycles. The summed E-state index contributed by atoms with van der Waals surface area (Å²) in [6.07, 6.45) is 2.30. The molecule has 2 atom stereocenters. The highest BCUT2D eigenvalue weighted by atomic mass is 16.5. The summed E-state index contributed by atoms with van der Waals surface area (Å²) in [4.78, 5) is 14.3. The average Bonchev–Trinajstić information content (AvgIpc) is 2.52. The molecule has 1 aliphatic rings. The van der Waals surface area contributed by atoms with Crippen molar-refractivity contribution in [3.63, 3.8) is 0 Å². The van der Waals surface area contributed by atoms with Crippen LogP contribution < -0.4 is 5.73 Å². The van der Waals surface area contributed by atoms with Crippen LogP contribution in [0.2, 0.25) is 0 Å². The van der Waals surface area contributed by atoms with E-state index in [2.05, 4.69) is 4.90 Å². The van der Waals surface area contributed by atoms with Crippen LogP contribution >= 0.6 is 0 Å². The summed E-state index contributed by atoms with van der Waals surface area (Å²) in [5.74, 6) is -1.12. The largest absolute Gasteiger partial charge is 0.460 e. The first-order valence-corrected chi connectivity index (χ1v) is 7.53. The number of carbonyl (C=O) groups excluding carboxylic acids is 1. The van der Waals surface area contributed by atoms with E-state index in [0.29, 0.717) is 6.54 Å². The molecule has 0 bridgehead atoms. The molecule has 116 valence electrons. The maximum absolute atomic E-state index is 12.1. The molecule has 21 heavy (non-hydrogen) atoms. The van der Waals surface area contributed by atoms with Crippen molar-refractivity contribution in [2.75, 3.05) is 19.6 Å². The molecule has 1 aromatic carbocycles. The number of nitrogens with two attached hydrogens (primary N) is 1. The van der Waals surface area contributed by atoms with Crippen LogP contribution in [-0.2, 0) is 16.1 Å². The first-order valence-electron chi connectivity index (χ1n) is 7.53. The maximum Gasteiger partial charge on any atom is 0.314 e. The van der Waals surface area contributed by atoms with Gasteiger partial charge in [-0.05, 0) is 31.5 Å². The van der Waals surface area contributed by atoms with Crippen molar-refractivity contribution in [1.82, 2.24) is 4.90 Å². The van der Waals surface area contributed by atoms with Gasteiger partial charge in [-0.15, -0.1) is 0 Å². The van der Waals surface area contributed by atoms with Crippen LogP contribution in [0, 0.1) is 5.92 Å². The molecule has 0 radical (unpaired) electrons. The third-order valence-corrected chi connectivity index (χ3v) is 3.84. The van der Waals surface area contributed by atoms with Gasteiger partial charge in [-0.2, -0.15) is 0 Å². The zero-order valence-electron chi connectivity index (χ0n) is 12.3.